The minimum atomic E-state index is -1.14. The third-order valence-corrected chi connectivity index (χ3v) is 1.68. The van der Waals surface area contributed by atoms with Gasteiger partial charge in [0, 0.05) is 13.6 Å². The van der Waals surface area contributed by atoms with Crippen molar-refractivity contribution < 1.29 is 14.7 Å². The van der Waals surface area contributed by atoms with Gasteiger partial charge >= 0.3 is 5.97 Å². The van der Waals surface area contributed by atoms with Crippen LogP contribution in [0.4, 0.5) is 0 Å². The predicted molar refractivity (Wildman–Crippen MR) is 44.7 cm³/mol. The van der Waals surface area contributed by atoms with Gasteiger partial charge in [0.15, 0.2) is 0 Å². The molecular formula is C8H12N2O3. The van der Waals surface area contributed by atoms with Crippen molar-refractivity contribution in [3.8, 4) is 6.07 Å². The normalized spacial score (nSPS) is 11.5. The standard InChI is InChI=1S/C8H12N2O3/c1-6(8(12)13)7(11)10(2)5-3-4-9/h6H,3,5H2,1-2H3,(H,12,13). The van der Waals surface area contributed by atoms with Gasteiger partial charge in [0.2, 0.25) is 5.91 Å². The smallest absolute Gasteiger partial charge is 0.315 e. The van der Waals surface area contributed by atoms with Crippen molar-refractivity contribution in [1.82, 2.24) is 4.90 Å². The number of carboxylic acid groups (broad SMARTS) is 1. The second-order valence-electron chi connectivity index (χ2n) is 2.73. The van der Waals surface area contributed by atoms with Crippen molar-refractivity contribution in [1.29, 1.82) is 5.26 Å². The monoisotopic (exact) mass is 184 g/mol. The van der Waals surface area contributed by atoms with Crippen molar-refractivity contribution in [3.63, 3.8) is 0 Å². The third kappa shape index (κ3) is 3.56. The van der Waals surface area contributed by atoms with Crippen LogP contribution < -0.4 is 0 Å². The molecule has 0 spiro atoms. The number of nitrogens with zero attached hydrogens (tertiary/aromatic N) is 2. The van der Waals surface area contributed by atoms with Gasteiger partial charge < -0.3 is 10.0 Å². The van der Waals surface area contributed by atoms with E-state index >= 15 is 0 Å². The van der Waals surface area contributed by atoms with E-state index in [0.29, 0.717) is 0 Å². The number of carbonyl (C=O) groups is 2. The summed E-state index contributed by atoms with van der Waals surface area (Å²) < 4.78 is 0. The molecule has 0 aliphatic carbocycles. The first-order valence-corrected chi connectivity index (χ1v) is 3.85. The summed E-state index contributed by atoms with van der Waals surface area (Å²) in [5.74, 6) is -2.65. The Morgan fingerprint density at radius 1 is 1.62 bits per heavy atom. The van der Waals surface area contributed by atoms with Crippen LogP contribution >= 0.6 is 0 Å². The molecule has 1 unspecified atom stereocenters. The van der Waals surface area contributed by atoms with E-state index < -0.39 is 17.8 Å². The Balaban J connectivity index is 4.11. The zero-order valence-electron chi connectivity index (χ0n) is 7.65. The van der Waals surface area contributed by atoms with Crippen LogP contribution in [-0.4, -0.2) is 35.5 Å². The molecule has 0 rings (SSSR count). The number of hydrogen-bond donors (Lipinski definition) is 1. The minimum absolute atomic E-state index is 0.217. The van der Waals surface area contributed by atoms with Gasteiger partial charge in [0.05, 0.1) is 12.5 Å². The number of carbonyl (C=O) groups excluding carboxylic acids is 1. The zero-order chi connectivity index (χ0) is 10.4. The molecule has 72 valence electrons. The van der Waals surface area contributed by atoms with Gasteiger partial charge in [-0.15, -0.1) is 0 Å². The summed E-state index contributed by atoms with van der Waals surface area (Å²) in [5, 5.41) is 16.8. The summed E-state index contributed by atoms with van der Waals surface area (Å²) >= 11 is 0. The highest BCUT2D eigenvalue weighted by Gasteiger charge is 2.23. The van der Waals surface area contributed by atoms with Gasteiger partial charge in [-0.3, -0.25) is 9.59 Å². The number of amides is 1. The molecule has 0 aromatic rings. The van der Waals surface area contributed by atoms with Crippen LogP contribution in [0, 0.1) is 17.2 Å². The van der Waals surface area contributed by atoms with Crippen LogP contribution in [0.1, 0.15) is 13.3 Å². The van der Waals surface area contributed by atoms with Crippen LogP contribution in [0.25, 0.3) is 0 Å². The second kappa shape index (κ2) is 5.14. The van der Waals surface area contributed by atoms with Crippen molar-refractivity contribution >= 4 is 11.9 Å². The highest BCUT2D eigenvalue weighted by Crippen LogP contribution is 2.01. The van der Waals surface area contributed by atoms with Crippen molar-refractivity contribution in [2.75, 3.05) is 13.6 Å². The Hall–Kier alpha value is -1.57. The summed E-state index contributed by atoms with van der Waals surface area (Å²) in [6.45, 7) is 1.60. The highest BCUT2D eigenvalue weighted by molar-refractivity contribution is 5.96. The van der Waals surface area contributed by atoms with Gasteiger partial charge in [-0.05, 0) is 6.92 Å². The molecule has 1 atom stereocenters. The van der Waals surface area contributed by atoms with E-state index in [1.165, 1.54) is 18.9 Å². The van der Waals surface area contributed by atoms with Crippen LogP contribution in [0.5, 0.6) is 0 Å². The van der Waals surface area contributed by atoms with E-state index in [0.717, 1.165) is 0 Å². The molecule has 0 radical (unpaired) electrons. The van der Waals surface area contributed by atoms with E-state index in [1.54, 1.807) is 0 Å². The Bertz CT molecular complexity index is 244. The van der Waals surface area contributed by atoms with Crippen LogP contribution in [0.15, 0.2) is 0 Å². The Labute approximate surface area is 76.6 Å². The molecule has 0 saturated carbocycles. The maximum atomic E-state index is 11.2. The van der Waals surface area contributed by atoms with E-state index in [4.69, 9.17) is 10.4 Å². The first-order chi connectivity index (χ1) is 6.00. The average Bonchev–Trinajstić information content (AvgIpc) is 2.11. The number of hydrogen-bond acceptors (Lipinski definition) is 3. The molecule has 13 heavy (non-hydrogen) atoms. The van der Waals surface area contributed by atoms with E-state index in [-0.39, 0.29) is 13.0 Å². The molecule has 0 aromatic carbocycles. The summed E-state index contributed by atoms with van der Waals surface area (Å²) in [4.78, 5) is 22.9. The molecule has 5 heteroatoms. The van der Waals surface area contributed by atoms with Gasteiger partial charge in [-0.2, -0.15) is 5.26 Å². The molecule has 0 fully saturated rings. The maximum absolute atomic E-state index is 11.2. The Morgan fingerprint density at radius 2 is 2.15 bits per heavy atom. The Kier molecular flexibility index (Phi) is 4.52. The lowest BCUT2D eigenvalue weighted by Crippen LogP contribution is -2.35. The van der Waals surface area contributed by atoms with Crippen LogP contribution in [0.2, 0.25) is 0 Å². The minimum Gasteiger partial charge on any atom is -0.481 e. The molecule has 1 amide bonds. The zero-order valence-corrected chi connectivity index (χ0v) is 7.65. The second-order valence-corrected chi connectivity index (χ2v) is 2.73. The fourth-order valence-corrected chi connectivity index (χ4v) is 0.764. The molecular weight excluding hydrogens is 172 g/mol. The quantitative estimate of drug-likeness (QED) is 0.627. The number of nitriles is 1. The topological polar surface area (TPSA) is 81.4 Å². The predicted octanol–water partition coefficient (Wildman–Crippen LogP) is 0.0792. The first-order valence-electron chi connectivity index (χ1n) is 3.85. The van der Waals surface area contributed by atoms with Gasteiger partial charge in [-0.1, -0.05) is 0 Å². The Morgan fingerprint density at radius 3 is 2.54 bits per heavy atom. The maximum Gasteiger partial charge on any atom is 0.315 e. The van der Waals surface area contributed by atoms with Crippen molar-refractivity contribution in [3.05, 3.63) is 0 Å². The van der Waals surface area contributed by atoms with Crippen LogP contribution in [0.3, 0.4) is 0 Å². The van der Waals surface area contributed by atoms with Gasteiger partial charge in [0.1, 0.15) is 5.92 Å². The fourth-order valence-electron chi connectivity index (χ4n) is 0.764. The summed E-state index contributed by atoms with van der Waals surface area (Å²) in [7, 11) is 1.49. The molecule has 0 aliphatic heterocycles. The molecule has 5 nitrogen and oxygen atoms in total. The third-order valence-electron chi connectivity index (χ3n) is 1.68. The van der Waals surface area contributed by atoms with Gasteiger partial charge in [-0.25, -0.2) is 0 Å². The first kappa shape index (κ1) is 11.4. The van der Waals surface area contributed by atoms with E-state index in [9.17, 15) is 9.59 Å². The average molecular weight is 184 g/mol. The van der Waals surface area contributed by atoms with Gasteiger partial charge in [0.25, 0.3) is 0 Å². The molecule has 0 aliphatic rings. The molecule has 0 heterocycles. The molecule has 0 saturated heterocycles. The summed E-state index contributed by atoms with van der Waals surface area (Å²) in [5.41, 5.74) is 0. The largest absolute Gasteiger partial charge is 0.481 e. The van der Waals surface area contributed by atoms with Crippen LogP contribution in [-0.2, 0) is 9.59 Å². The molecule has 0 aromatic heterocycles. The lowest BCUT2D eigenvalue weighted by molar-refractivity contribution is -0.149. The van der Waals surface area contributed by atoms with E-state index in [1.807, 2.05) is 6.07 Å². The molecule has 1 N–H and O–H groups in total. The van der Waals surface area contributed by atoms with Crippen molar-refractivity contribution in [2.24, 2.45) is 5.92 Å². The molecule has 0 bridgehead atoms. The lowest BCUT2D eigenvalue weighted by atomic mass is 10.1. The lowest BCUT2D eigenvalue weighted by Gasteiger charge is -2.17. The number of carboxylic acids is 1. The summed E-state index contributed by atoms with van der Waals surface area (Å²) in [6, 6.07) is 1.88. The summed E-state index contributed by atoms with van der Waals surface area (Å²) in [6.07, 6.45) is 0.217. The van der Waals surface area contributed by atoms with E-state index in [2.05, 4.69) is 0 Å². The highest BCUT2D eigenvalue weighted by atomic mass is 16.4. The van der Waals surface area contributed by atoms with Crippen molar-refractivity contribution in [2.45, 2.75) is 13.3 Å². The fraction of sp³-hybridized carbons (Fsp3) is 0.625. The number of rotatable bonds is 4. The SMILES string of the molecule is CC(C(=O)O)C(=O)N(C)CCC#N. The number of aliphatic carboxylic acids is 1.